The van der Waals surface area contributed by atoms with Crippen LogP contribution in [0.1, 0.15) is 0 Å². The van der Waals surface area contributed by atoms with Gasteiger partial charge in [0, 0.05) is 0 Å². The lowest BCUT2D eigenvalue weighted by Gasteiger charge is -2.14. The summed E-state index contributed by atoms with van der Waals surface area (Å²) in [5.74, 6) is 0. The summed E-state index contributed by atoms with van der Waals surface area (Å²) >= 11 is 0. The molecule has 0 aliphatic carbocycles. The van der Waals surface area contributed by atoms with Gasteiger partial charge in [-0.2, -0.15) is 0 Å². The highest BCUT2D eigenvalue weighted by Gasteiger charge is 2.20. The smallest absolute Gasteiger partial charge is 0.388 e. The number of hydrogen-bond donors (Lipinski definition) is 5. The van der Waals surface area contributed by atoms with Crippen LogP contribution in [0.25, 0.3) is 0 Å². The average molecular weight is 340 g/mol. The van der Waals surface area contributed by atoms with E-state index in [-0.39, 0.29) is 6.29 Å². The number of phosphoric ester groups is 2. The molecule has 0 spiro atoms. The quantitative estimate of drug-likeness (QED) is 0.121. The summed E-state index contributed by atoms with van der Waals surface area (Å²) in [6.45, 7) is -2.15. The van der Waals surface area contributed by atoms with Crippen LogP contribution in [0, 0.1) is 0 Å². The maximum atomic E-state index is 10.4. The zero-order valence-corrected chi connectivity index (χ0v) is 11.6. The molecule has 0 amide bonds. The Morgan fingerprint density at radius 3 is 1.90 bits per heavy atom. The predicted molar refractivity (Wildman–Crippen MR) is 58.9 cm³/mol. The minimum atomic E-state index is -4.76. The number of aliphatic hydroxyl groups excluding tert-OH is 1. The summed E-state index contributed by atoms with van der Waals surface area (Å²) in [5.41, 5.74) is 0. The fourth-order valence-electron chi connectivity index (χ4n) is 0.697. The van der Waals surface area contributed by atoms with E-state index < -0.39 is 47.7 Å². The predicted octanol–water partition coefficient (Wildman–Crippen LogP) is -1.92. The second kappa shape index (κ2) is 8.93. The maximum Gasteiger partial charge on any atom is 0.469 e. The average Bonchev–Trinajstić information content (AvgIpc) is 2.28. The van der Waals surface area contributed by atoms with Crippen molar-refractivity contribution in [2.45, 2.75) is 12.2 Å². The van der Waals surface area contributed by atoms with Gasteiger partial charge in [-0.05, 0) is 0 Å². The standard InChI is InChI=1S/C6H14O12P2/c7-1-6(4-17-20(12,13)14)18-15-2-5(8)3-16-19(9,10)11/h1,5-6,8H,2-4H2,(H2,9,10,11)(H2,12,13,14)/t5-,6-/m1/s1. The Balaban J connectivity index is 3.87. The van der Waals surface area contributed by atoms with Crippen molar-refractivity contribution in [1.82, 2.24) is 0 Å². The number of phosphoric acid groups is 2. The van der Waals surface area contributed by atoms with Crippen molar-refractivity contribution < 1.29 is 57.4 Å². The molecule has 14 heteroatoms. The lowest BCUT2D eigenvalue weighted by Crippen LogP contribution is -2.26. The molecule has 2 atom stereocenters. The molecule has 5 N–H and O–H groups in total. The van der Waals surface area contributed by atoms with Gasteiger partial charge in [-0.1, -0.05) is 0 Å². The number of carbonyl (C=O) groups excluding carboxylic acids is 1. The van der Waals surface area contributed by atoms with E-state index in [0.717, 1.165) is 0 Å². The Hall–Kier alpha value is -0.230. The summed E-state index contributed by atoms with van der Waals surface area (Å²) < 4.78 is 28.6. The van der Waals surface area contributed by atoms with Crippen molar-refractivity contribution in [1.29, 1.82) is 0 Å². The van der Waals surface area contributed by atoms with E-state index in [0.29, 0.717) is 0 Å². The highest BCUT2D eigenvalue weighted by Crippen LogP contribution is 2.36. The molecule has 0 saturated carbocycles. The number of carbonyl (C=O) groups is 1. The van der Waals surface area contributed by atoms with Gasteiger partial charge in [0.25, 0.3) is 0 Å². The first-order valence-corrected chi connectivity index (χ1v) is 7.91. The Kier molecular flexibility index (Phi) is 8.82. The summed E-state index contributed by atoms with van der Waals surface area (Å²) in [6, 6.07) is 0. The van der Waals surface area contributed by atoms with Crippen LogP contribution in [0.4, 0.5) is 0 Å². The molecule has 0 aromatic carbocycles. The molecular weight excluding hydrogens is 326 g/mol. The van der Waals surface area contributed by atoms with Gasteiger partial charge < -0.3 is 29.5 Å². The van der Waals surface area contributed by atoms with Gasteiger partial charge in [0.2, 0.25) is 0 Å². The van der Waals surface area contributed by atoms with E-state index in [9.17, 15) is 13.9 Å². The van der Waals surface area contributed by atoms with E-state index in [1.165, 1.54) is 0 Å². The monoisotopic (exact) mass is 340 g/mol. The molecule has 0 aromatic heterocycles. The minimum Gasteiger partial charge on any atom is -0.388 e. The Labute approximate surface area is 112 Å². The van der Waals surface area contributed by atoms with Gasteiger partial charge in [0.1, 0.15) is 12.7 Å². The van der Waals surface area contributed by atoms with Gasteiger partial charge in [-0.25, -0.2) is 18.9 Å². The fraction of sp³-hybridized carbons (Fsp3) is 0.833. The SMILES string of the molecule is O=C[C@H](COP(=O)(O)O)OOC[C@@H](O)COP(=O)(O)O. The lowest BCUT2D eigenvalue weighted by molar-refractivity contribution is -0.326. The first kappa shape index (κ1) is 19.8. The molecule has 0 radical (unpaired) electrons. The molecular formula is C6H14O12P2. The molecule has 0 heterocycles. The molecule has 0 aliphatic heterocycles. The molecule has 0 rings (SSSR count). The van der Waals surface area contributed by atoms with Crippen molar-refractivity contribution in [3.05, 3.63) is 0 Å². The van der Waals surface area contributed by atoms with Gasteiger partial charge >= 0.3 is 15.6 Å². The summed E-state index contributed by atoms with van der Waals surface area (Å²) in [5, 5.41) is 9.14. The Morgan fingerprint density at radius 1 is 0.950 bits per heavy atom. The van der Waals surface area contributed by atoms with E-state index in [4.69, 9.17) is 24.7 Å². The molecule has 0 aliphatic rings. The summed E-state index contributed by atoms with van der Waals surface area (Å²) in [4.78, 5) is 52.5. The topological polar surface area (TPSA) is 189 Å². The molecule has 0 aromatic rings. The van der Waals surface area contributed by atoms with E-state index in [2.05, 4.69) is 18.8 Å². The zero-order valence-electron chi connectivity index (χ0n) is 9.84. The third kappa shape index (κ3) is 12.8. The van der Waals surface area contributed by atoms with Gasteiger partial charge in [0.05, 0.1) is 13.2 Å². The van der Waals surface area contributed by atoms with Crippen LogP contribution in [-0.4, -0.2) is 63.0 Å². The van der Waals surface area contributed by atoms with Crippen molar-refractivity contribution in [2.24, 2.45) is 0 Å². The molecule has 0 unspecified atom stereocenters. The number of aliphatic hydroxyl groups is 1. The lowest BCUT2D eigenvalue weighted by atomic mass is 10.4. The number of aldehydes is 1. The van der Waals surface area contributed by atoms with Crippen LogP contribution in [0.3, 0.4) is 0 Å². The number of rotatable bonds is 11. The Morgan fingerprint density at radius 2 is 1.45 bits per heavy atom. The third-order valence-electron chi connectivity index (χ3n) is 1.45. The maximum absolute atomic E-state index is 10.4. The van der Waals surface area contributed by atoms with Crippen LogP contribution in [-0.2, 0) is 32.7 Å². The summed E-state index contributed by atoms with van der Waals surface area (Å²) in [6.07, 6.45) is -2.79. The van der Waals surface area contributed by atoms with Crippen LogP contribution in [0.2, 0.25) is 0 Å². The summed E-state index contributed by atoms with van der Waals surface area (Å²) in [7, 11) is -9.49. The Bertz CT molecular complexity index is 372. The molecule has 0 fully saturated rings. The zero-order chi connectivity index (χ0) is 15.8. The van der Waals surface area contributed by atoms with Crippen molar-refractivity contribution in [3.8, 4) is 0 Å². The fourth-order valence-corrected chi connectivity index (χ4v) is 1.40. The number of hydrogen-bond acceptors (Lipinski definition) is 8. The minimum absolute atomic E-state index is 0.133. The van der Waals surface area contributed by atoms with Crippen molar-refractivity contribution >= 4 is 21.9 Å². The highest BCUT2D eigenvalue weighted by molar-refractivity contribution is 7.46. The molecule has 120 valence electrons. The van der Waals surface area contributed by atoms with Gasteiger partial charge in [-0.15, -0.1) is 0 Å². The van der Waals surface area contributed by atoms with Crippen molar-refractivity contribution in [2.75, 3.05) is 19.8 Å². The van der Waals surface area contributed by atoms with Gasteiger partial charge in [-0.3, -0.25) is 9.05 Å². The van der Waals surface area contributed by atoms with Crippen LogP contribution in [0.15, 0.2) is 0 Å². The largest absolute Gasteiger partial charge is 0.469 e. The second-order valence-corrected chi connectivity index (χ2v) is 5.76. The molecule has 0 saturated heterocycles. The van der Waals surface area contributed by atoms with Crippen LogP contribution >= 0.6 is 15.6 Å². The molecule has 0 bridgehead atoms. The van der Waals surface area contributed by atoms with Gasteiger partial charge in [0.15, 0.2) is 12.4 Å². The first-order chi connectivity index (χ1) is 9.03. The molecule has 20 heavy (non-hydrogen) atoms. The van der Waals surface area contributed by atoms with Crippen molar-refractivity contribution in [3.63, 3.8) is 0 Å². The van der Waals surface area contributed by atoms with E-state index >= 15 is 0 Å². The van der Waals surface area contributed by atoms with Crippen LogP contribution in [0.5, 0.6) is 0 Å². The normalized spacial score (nSPS) is 15.8. The third-order valence-corrected chi connectivity index (χ3v) is 2.42. The van der Waals surface area contributed by atoms with Crippen LogP contribution < -0.4 is 0 Å². The first-order valence-electron chi connectivity index (χ1n) is 4.85. The van der Waals surface area contributed by atoms with E-state index in [1.807, 2.05) is 0 Å². The second-order valence-electron chi connectivity index (χ2n) is 3.28. The highest BCUT2D eigenvalue weighted by atomic mass is 31.2. The van der Waals surface area contributed by atoms with E-state index in [1.54, 1.807) is 0 Å². The molecule has 12 nitrogen and oxygen atoms in total.